The Kier molecular flexibility index (Phi) is 4.28. The fourth-order valence-electron chi connectivity index (χ4n) is 1.58. The first-order chi connectivity index (χ1) is 8.70. The summed E-state index contributed by atoms with van der Waals surface area (Å²) in [6, 6.07) is 8.06. The number of likely N-dealkylation sites (N-methyl/N-ethyl adjacent to an activating group) is 1. The number of thiazole rings is 1. The SMILES string of the molecule is CCN(C)C(=O)CNCc1nc2ccccc2s1. The lowest BCUT2D eigenvalue weighted by atomic mass is 10.3. The third-order valence-electron chi connectivity index (χ3n) is 2.79. The van der Waals surface area contributed by atoms with Gasteiger partial charge >= 0.3 is 0 Å². The number of fused-ring (bicyclic) bond motifs is 1. The molecule has 0 aliphatic carbocycles. The van der Waals surface area contributed by atoms with E-state index >= 15 is 0 Å². The molecule has 0 saturated carbocycles. The Morgan fingerprint density at radius 1 is 1.44 bits per heavy atom. The van der Waals surface area contributed by atoms with Crippen LogP contribution in [0.25, 0.3) is 10.2 Å². The number of nitrogens with zero attached hydrogens (tertiary/aromatic N) is 2. The quantitative estimate of drug-likeness (QED) is 0.895. The molecule has 0 atom stereocenters. The largest absolute Gasteiger partial charge is 0.345 e. The van der Waals surface area contributed by atoms with Crippen LogP contribution in [0.2, 0.25) is 0 Å². The highest BCUT2D eigenvalue weighted by Gasteiger charge is 2.07. The summed E-state index contributed by atoms with van der Waals surface area (Å²) in [7, 11) is 1.81. The fourth-order valence-corrected chi connectivity index (χ4v) is 2.52. The maximum absolute atomic E-state index is 11.6. The van der Waals surface area contributed by atoms with Crippen LogP contribution in [0, 0.1) is 0 Å². The minimum absolute atomic E-state index is 0.110. The molecule has 1 aromatic carbocycles. The van der Waals surface area contributed by atoms with Gasteiger partial charge in [-0.15, -0.1) is 11.3 Å². The molecular weight excluding hydrogens is 246 g/mol. The summed E-state index contributed by atoms with van der Waals surface area (Å²) < 4.78 is 1.19. The van der Waals surface area contributed by atoms with E-state index in [1.165, 1.54) is 4.70 Å². The van der Waals surface area contributed by atoms with Crippen LogP contribution < -0.4 is 5.32 Å². The topological polar surface area (TPSA) is 45.2 Å². The van der Waals surface area contributed by atoms with Crippen LogP contribution in [-0.2, 0) is 11.3 Å². The second-order valence-electron chi connectivity index (χ2n) is 4.09. The normalized spacial score (nSPS) is 10.8. The second-order valence-corrected chi connectivity index (χ2v) is 5.20. The summed E-state index contributed by atoms with van der Waals surface area (Å²) >= 11 is 1.66. The van der Waals surface area contributed by atoms with Crippen LogP contribution in [0.4, 0.5) is 0 Å². The zero-order valence-corrected chi connectivity index (χ0v) is 11.5. The lowest BCUT2D eigenvalue weighted by molar-refractivity contribution is -0.128. The zero-order valence-electron chi connectivity index (χ0n) is 10.6. The first-order valence-corrected chi connectivity index (χ1v) is 6.81. The molecule has 0 unspecified atom stereocenters. The van der Waals surface area contributed by atoms with Gasteiger partial charge in [-0.25, -0.2) is 4.98 Å². The number of nitrogens with one attached hydrogen (secondary N) is 1. The molecule has 0 saturated heterocycles. The molecule has 1 heterocycles. The van der Waals surface area contributed by atoms with Crippen LogP contribution in [0.1, 0.15) is 11.9 Å². The Balaban J connectivity index is 1.89. The Morgan fingerprint density at radius 2 is 2.22 bits per heavy atom. The molecule has 1 amide bonds. The summed E-state index contributed by atoms with van der Waals surface area (Å²) in [5, 5.41) is 4.15. The van der Waals surface area contributed by atoms with Gasteiger partial charge in [-0.1, -0.05) is 12.1 Å². The van der Waals surface area contributed by atoms with Crippen molar-refractivity contribution in [3.63, 3.8) is 0 Å². The van der Waals surface area contributed by atoms with Gasteiger partial charge < -0.3 is 10.2 Å². The van der Waals surface area contributed by atoms with Crippen molar-refractivity contribution in [1.29, 1.82) is 0 Å². The van der Waals surface area contributed by atoms with Gasteiger partial charge in [0.25, 0.3) is 0 Å². The monoisotopic (exact) mass is 263 g/mol. The van der Waals surface area contributed by atoms with Gasteiger partial charge in [0, 0.05) is 20.1 Å². The number of hydrogen-bond donors (Lipinski definition) is 1. The van der Waals surface area contributed by atoms with E-state index in [0.717, 1.165) is 17.1 Å². The zero-order chi connectivity index (χ0) is 13.0. The van der Waals surface area contributed by atoms with Gasteiger partial charge in [0.2, 0.25) is 5.91 Å². The Bertz CT molecular complexity index is 505. The van der Waals surface area contributed by atoms with Crippen LogP contribution in [0.5, 0.6) is 0 Å². The van der Waals surface area contributed by atoms with Gasteiger partial charge in [-0.3, -0.25) is 4.79 Å². The molecule has 0 aliphatic rings. The van der Waals surface area contributed by atoms with Crippen LogP contribution in [-0.4, -0.2) is 35.9 Å². The van der Waals surface area contributed by atoms with Crippen molar-refractivity contribution in [2.24, 2.45) is 0 Å². The van der Waals surface area contributed by atoms with Crippen molar-refractivity contribution in [1.82, 2.24) is 15.2 Å². The predicted octanol–water partition coefficient (Wildman–Crippen LogP) is 1.86. The molecule has 2 aromatic rings. The third-order valence-corrected chi connectivity index (χ3v) is 3.83. The number of aromatic nitrogens is 1. The first-order valence-electron chi connectivity index (χ1n) is 6.00. The number of benzene rings is 1. The number of hydrogen-bond acceptors (Lipinski definition) is 4. The lowest BCUT2D eigenvalue weighted by Gasteiger charge is -2.14. The van der Waals surface area contributed by atoms with Gasteiger partial charge in [0.15, 0.2) is 0 Å². The molecule has 0 bridgehead atoms. The van der Waals surface area contributed by atoms with Crippen molar-refractivity contribution >= 4 is 27.5 Å². The van der Waals surface area contributed by atoms with Crippen molar-refractivity contribution in [3.8, 4) is 0 Å². The molecule has 18 heavy (non-hydrogen) atoms. The molecule has 2 rings (SSSR count). The molecular formula is C13H17N3OS. The second kappa shape index (κ2) is 5.93. The van der Waals surface area contributed by atoms with E-state index in [9.17, 15) is 4.79 Å². The van der Waals surface area contributed by atoms with Gasteiger partial charge in [0.05, 0.1) is 16.8 Å². The summed E-state index contributed by atoms with van der Waals surface area (Å²) in [4.78, 5) is 17.8. The molecule has 0 aliphatic heterocycles. The summed E-state index contributed by atoms with van der Waals surface area (Å²) in [5.74, 6) is 0.110. The molecule has 0 spiro atoms. The number of para-hydroxylation sites is 1. The van der Waals surface area contributed by atoms with E-state index in [1.54, 1.807) is 16.2 Å². The molecule has 0 radical (unpaired) electrons. The first kappa shape index (κ1) is 13.0. The highest BCUT2D eigenvalue weighted by atomic mass is 32.1. The fraction of sp³-hybridized carbons (Fsp3) is 0.385. The van der Waals surface area contributed by atoms with E-state index in [2.05, 4.69) is 16.4 Å². The Morgan fingerprint density at radius 3 is 2.94 bits per heavy atom. The van der Waals surface area contributed by atoms with Crippen LogP contribution in [0.15, 0.2) is 24.3 Å². The number of rotatable bonds is 5. The average Bonchev–Trinajstić information content (AvgIpc) is 2.80. The van der Waals surface area contributed by atoms with E-state index in [0.29, 0.717) is 13.1 Å². The standard InChI is InChI=1S/C13H17N3OS/c1-3-16(2)13(17)9-14-8-12-15-10-6-4-5-7-11(10)18-12/h4-7,14H,3,8-9H2,1-2H3. The van der Waals surface area contributed by atoms with Crippen LogP contribution in [0.3, 0.4) is 0 Å². The summed E-state index contributed by atoms with van der Waals surface area (Å²) in [6.45, 7) is 3.70. The number of amides is 1. The smallest absolute Gasteiger partial charge is 0.236 e. The van der Waals surface area contributed by atoms with E-state index < -0.39 is 0 Å². The highest BCUT2D eigenvalue weighted by molar-refractivity contribution is 7.18. The minimum atomic E-state index is 0.110. The van der Waals surface area contributed by atoms with Crippen molar-refractivity contribution in [2.75, 3.05) is 20.1 Å². The van der Waals surface area contributed by atoms with Crippen LogP contribution >= 0.6 is 11.3 Å². The number of carbonyl (C=O) groups excluding carboxylic acids is 1. The van der Waals surface area contributed by atoms with E-state index in [1.807, 2.05) is 32.2 Å². The van der Waals surface area contributed by atoms with Crippen molar-refractivity contribution in [2.45, 2.75) is 13.5 Å². The number of carbonyl (C=O) groups is 1. The van der Waals surface area contributed by atoms with Gasteiger partial charge in [-0.2, -0.15) is 0 Å². The predicted molar refractivity (Wildman–Crippen MR) is 74.6 cm³/mol. The molecule has 1 aromatic heterocycles. The molecule has 0 fully saturated rings. The third kappa shape index (κ3) is 3.05. The summed E-state index contributed by atoms with van der Waals surface area (Å²) in [6.07, 6.45) is 0. The highest BCUT2D eigenvalue weighted by Crippen LogP contribution is 2.21. The van der Waals surface area contributed by atoms with E-state index in [-0.39, 0.29) is 5.91 Å². The average molecular weight is 263 g/mol. The van der Waals surface area contributed by atoms with Gasteiger partial charge in [-0.05, 0) is 19.1 Å². The van der Waals surface area contributed by atoms with E-state index in [4.69, 9.17) is 0 Å². The maximum atomic E-state index is 11.6. The maximum Gasteiger partial charge on any atom is 0.236 e. The van der Waals surface area contributed by atoms with Crippen molar-refractivity contribution < 1.29 is 4.79 Å². The molecule has 1 N–H and O–H groups in total. The minimum Gasteiger partial charge on any atom is -0.345 e. The summed E-state index contributed by atoms with van der Waals surface area (Å²) in [5.41, 5.74) is 1.02. The molecule has 4 nitrogen and oxygen atoms in total. The lowest BCUT2D eigenvalue weighted by Crippen LogP contribution is -2.35. The Labute approximate surface area is 111 Å². The molecule has 5 heteroatoms. The molecule has 96 valence electrons. The van der Waals surface area contributed by atoms with Gasteiger partial charge in [0.1, 0.15) is 5.01 Å². The Hall–Kier alpha value is -1.46. The van der Waals surface area contributed by atoms with Crippen molar-refractivity contribution in [3.05, 3.63) is 29.3 Å².